The molecule has 0 aliphatic heterocycles. The first-order chi connectivity index (χ1) is 17.6. The van der Waals surface area contributed by atoms with Crippen molar-refractivity contribution >= 4 is 15.9 Å². The van der Waals surface area contributed by atoms with Gasteiger partial charge in [-0.2, -0.15) is 4.31 Å². The van der Waals surface area contributed by atoms with Crippen LogP contribution in [0, 0.1) is 6.92 Å². The number of amides is 1. The van der Waals surface area contributed by atoms with Crippen LogP contribution in [0.4, 0.5) is 0 Å². The predicted octanol–water partition coefficient (Wildman–Crippen LogP) is 2.17. The highest BCUT2D eigenvalue weighted by Gasteiger charge is 2.32. The fourth-order valence-corrected chi connectivity index (χ4v) is 5.45. The summed E-state index contributed by atoms with van der Waals surface area (Å²) >= 11 is 0. The Morgan fingerprint density at radius 3 is 2.38 bits per heavy atom. The van der Waals surface area contributed by atoms with E-state index in [0.717, 1.165) is 9.87 Å². The molecule has 0 saturated carbocycles. The lowest BCUT2D eigenvalue weighted by molar-refractivity contribution is 0.0728. The second kappa shape index (κ2) is 12.8. The number of hydrogen-bond donors (Lipinski definition) is 3. The van der Waals surface area contributed by atoms with Gasteiger partial charge in [0.25, 0.3) is 5.91 Å². The number of sulfonamides is 1. The Balaban J connectivity index is 1.90. The molecule has 2 unspecified atom stereocenters. The Morgan fingerprint density at radius 2 is 1.73 bits per heavy atom. The van der Waals surface area contributed by atoms with Crippen LogP contribution in [0.1, 0.15) is 28.7 Å². The molecule has 0 spiro atoms. The summed E-state index contributed by atoms with van der Waals surface area (Å²) in [7, 11) is -2.67. The third-order valence-electron chi connectivity index (χ3n) is 5.74. The number of aliphatic hydroxyl groups is 2. The summed E-state index contributed by atoms with van der Waals surface area (Å²) in [5.41, 5.74) is 1.71. The maximum absolute atomic E-state index is 13.5. The normalized spacial score (nSPS) is 14.1. The molecule has 9 nitrogen and oxygen atoms in total. The molecule has 0 bridgehead atoms. The fourth-order valence-electron chi connectivity index (χ4n) is 3.88. The van der Waals surface area contributed by atoms with Crippen molar-refractivity contribution in [2.24, 2.45) is 0 Å². The lowest BCUT2D eigenvalue weighted by Gasteiger charge is -2.30. The number of carbonyl (C=O) groups is 1. The summed E-state index contributed by atoms with van der Waals surface area (Å²) in [5.74, 6) is -0.125. The van der Waals surface area contributed by atoms with Gasteiger partial charge in [0.2, 0.25) is 10.0 Å². The van der Waals surface area contributed by atoms with Crippen molar-refractivity contribution in [1.29, 1.82) is 0 Å². The Labute approximate surface area is 217 Å². The Hall–Kier alpha value is -3.31. The van der Waals surface area contributed by atoms with E-state index in [1.807, 2.05) is 30.3 Å². The highest BCUT2D eigenvalue weighted by atomic mass is 32.2. The molecule has 2 aromatic carbocycles. The van der Waals surface area contributed by atoms with E-state index < -0.39 is 34.2 Å². The van der Waals surface area contributed by atoms with Gasteiger partial charge in [-0.15, -0.1) is 0 Å². The van der Waals surface area contributed by atoms with E-state index in [4.69, 9.17) is 4.74 Å². The lowest BCUT2D eigenvalue weighted by Crippen LogP contribution is -2.51. The molecule has 3 aromatic rings. The summed E-state index contributed by atoms with van der Waals surface area (Å²) in [5, 5.41) is 24.1. The molecule has 37 heavy (non-hydrogen) atoms. The van der Waals surface area contributed by atoms with Crippen molar-refractivity contribution in [2.75, 3.05) is 20.2 Å². The highest BCUT2D eigenvalue weighted by molar-refractivity contribution is 7.89. The molecule has 0 aliphatic carbocycles. The third-order valence-corrected chi connectivity index (χ3v) is 7.57. The molecule has 10 heteroatoms. The van der Waals surface area contributed by atoms with E-state index in [-0.39, 0.29) is 30.1 Å². The number of benzene rings is 2. The van der Waals surface area contributed by atoms with Crippen LogP contribution in [0.3, 0.4) is 0 Å². The van der Waals surface area contributed by atoms with Gasteiger partial charge in [-0.05, 0) is 50.1 Å². The van der Waals surface area contributed by atoms with Crippen molar-refractivity contribution in [3.8, 4) is 5.75 Å². The van der Waals surface area contributed by atoms with Gasteiger partial charge in [-0.3, -0.25) is 4.79 Å². The Kier molecular flexibility index (Phi) is 9.76. The molecule has 0 radical (unpaired) electrons. The zero-order valence-electron chi connectivity index (χ0n) is 21.1. The average molecular weight is 528 g/mol. The minimum absolute atomic E-state index is 0.0349. The van der Waals surface area contributed by atoms with Gasteiger partial charge >= 0.3 is 0 Å². The van der Waals surface area contributed by atoms with Gasteiger partial charge < -0.3 is 20.3 Å². The van der Waals surface area contributed by atoms with E-state index in [2.05, 4.69) is 10.3 Å². The lowest BCUT2D eigenvalue weighted by atomic mass is 10.0. The number of methoxy groups -OCH3 is 1. The van der Waals surface area contributed by atoms with E-state index in [1.165, 1.54) is 26.2 Å². The van der Waals surface area contributed by atoms with Crippen molar-refractivity contribution in [3.05, 3.63) is 89.7 Å². The van der Waals surface area contributed by atoms with Crippen molar-refractivity contribution in [2.45, 2.75) is 43.4 Å². The van der Waals surface area contributed by atoms with Crippen LogP contribution < -0.4 is 10.1 Å². The van der Waals surface area contributed by atoms with E-state index in [9.17, 15) is 23.4 Å². The van der Waals surface area contributed by atoms with Crippen molar-refractivity contribution in [3.63, 3.8) is 0 Å². The molecule has 198 valence electrons. The summed E-state index contributed by atoms with van der Waals surface area (Å²) in [4.78, 5) is 17.2. The third kappa shape index (κ3) is 7.83. The minimum Gasteiger partial charge on any atom is -0.497 e. The number of hydrogen-bond acceptors (Lipinski definition) is 7. The van der Waals surface area contributed by atoms with Crippen LogP contribution in [0.15, 0.2) is 77.7 Å². The first-order valence-electron chi connectivity index (χ1n) is 11.9. The van der Waals surface area contributed by atoms with Crippen LogP contribution >= 0.6 is 0 Å². The van der Waals surface area contributed by atoms with Crippen LogP contribution in [0.2, 0.25) is 0 Å². The maximum Gasteiger partial charge on any atom is 0.270 e. The van der Waals surface area contributed by atoms with E-state index in [1.54, 1.807) is 37.3 Å². The first-order valence-corrected chi connectivity index (χ1v) is 13.3. The smallest absolute Gasteiger partial charge is 0.270 e. The molecular formula is C27H33N3O6S. The van der Waals surface area contributed by atoms with Crippen molar-refractivity contribution in [1.82, 2.24) is 14.6 Å². The Bertz CT molecular complexity index is 1280. The summed E-state index contributed by atoms with van der Waals surface area (Å²) < 4.78 is 33.1. The molecule has 3 rings (SSSR count). The average Bonchev–Trinajstić information content (AvgIpc) is 2.88. The van der Waals surface area contributed by atoms with Gasteiger partial charge in [0, 0.05) is 24.8 Å². The van der Waals surface area contributed by atoms with Gasteiger partial charge in [0.1, 0.15) is 11.4 Å². The molecule has 0 fully saturated rings. The second-order valence-electron chi connectivity index (χ2n) is 8.85. The molecule has 1 amide bonds. The van der Waals surface area contributed by atoms with Gasteiger partial charge in [0.15, 0.2) is 0 Å². The topological polar surface area (TPSA) is 129 Å². The molecular weight excluding hydrogens is 494 g/mol. The van der Waals surface area contributed by atoms with E-state index in [0.29, 0.717) is 11.4 Å². The molecule has 1 heterocycles. The van der Waals surface area contributed by atoms with Gasteiger partial charge in [-0.1, -0.05) is 42.5 Å². The molecule has 1 aromatic heterocycles. The van der Waals surface area contributed by atoms with E-state index >= 15 is 0 Å². The van der Waals surface area contributed by atoms with Crippen LogP contribution in [-0.4, -0.2) is 72.3 Å². The number of aryl methyl sites for hydroxylation is 1. The van der Waals surface area contributed by atoms with Crippen LogP contribution in [-0.2, 0) is 16.4 Å². The summed E-state index contributed by atoms with van der Waals surface area (Å²) in [6.45, 7) is 2.63. The monoisotopic (exact) mass is 527 g/mol. The molecule has 0 aliphatic rings. The van der Waals surface area contributed by atoms with Crippen molar-refractivity contribution < 1.29 is 28.2 Å². The number of aromatic nitrogens is 1. The number of aliphatic hydroxyl groups excluding tert-OH is 2. The van der Waals surface area contributed by atoms with Crippen LogP contribution in [0.25, 0.3) is 0 Å². The van der Waals surface area contributed by atoms with Gasteiger partial charge in [-0.25, -0.2) is 13.4 Å². The second-order valence-corrected chi connectivity index (χ2v) is 10.8. The zero-order chi connectivity index (χ0) is 27.0. The number of nitrogens with zero attached hydrogens (tertiary/aromatic N) is 2. The number of rotatable bonds is 12. The minimum atomic E-state index is -4.11. The zero-order valence-corrected chi connectivity index (χ0v) is 21.9. The largest absolute Gasteiger partial charge is 0.497 e. The number of pyridine rings is 1. The Morgan fingerprint density at radius 1 is 1.03 bits per heavy atom. The quantitative estimate of drug-likeness (QED) is 0.329. The highest BCUT2D eigenvalue weighted by Crippen LogP contribution is 2.22. The standard InChI is InChI=1S/C27H33N3O6S/c1-19-9-7-14-24(28-19)27(33)29-25(15-21-10-5-4-6-11-21)26(32)18-30(17-20(2)31)37(34,35)23-13-8-12-22(16-23)36-3/h4-14,16,20,25-26,31-32H,15,17-18H2,1-3H3,(H,29,33)/t20-,25?,26?/m0/s1. The first kappa shape index (κ1) is 28.3. The SMILES string of the molecule is COc1cccc(S(=O)(=O)N(CC(O)C(Cc2ccccc2)NC(=O)c2cccc(C)n2)C[C@H](C)O)c1. The molecule has 3 atom stereocenters. The number of carbonyl (C=O) groups excluding carboxylic acids is 1. The summed E-state index contributed by atoms with van der Waals surface area (Å²) in [6.07, 6.45) is -2.04. The molecule has 3 N–H and O–H groups in total. The number of nitrogens with one attached hydrogen (secondary N) is 1. The fraction of sp³-hybridized carbons (Fsp3) is 0.333. The molecule has 0 saturated heterocycles. The summed E-state index contributed by atoms with van der Waals surface area (Å²) in [6, 6.07) is 19.4. The number of ether oxygens (including phenoxy) is 1. The maximum atomic E-state index is 13.5. The predicted molar refractivity (Wildman–Crippen MR) is 140 cm³/mol. The van der Waals surface area contributed by atoms with Gasteiger partial charge in [0.05, 0.1) is 30.3 Å². The van der Waals surface area contributed by atoms with Crippen LogP contribution in [0.5, 0.6) is 5.75 Å².